The first-order chi connectivity index (χ1) is 9.63. The molecule has 0 heterocycles. The summed E-state index contributed by atoms with van der Waals surface area (Å²) in [5.74, 6) is -0.195. The highest BCUT2D eigenvalue weighted by atomic mass is 19.1. The molecule has 1 atom stereocenters. The molecule has 2 aromatic rings. The first-order valence-corrected chi connectivity index (χ1v) is 6.49. The third-order valence-electron chi connectivity index (χ3n) is 3.15. The van der Waals surface area contributed by atoms with Gasteiger partial charge < -0.3 is 10.1 Å². The lowest BCUT2D eigenvalue weighted by Gasteiger charge is -2.20. The Labute approximate surface area is 117 Å². The van der Waals surface area contributed by atoms with Crippen molar-refractivity contribution in [1.29, 1.82) is 0 Å². The minimum Gasteiger partial charge on any atom is -0.494 e. The lowest BCUT2D eigenvalue weighted by molar-refractivity contribution is 0.412. The smallest absolute Gasteiger partial charge is 0.144 e. The van der Waals surface area contributed by atoms with E-state index in [1.54, 1.807) is 12.1 Å². The number of hydrogen-bond acceptors (Lipinski definition) is 2. The molecule has 0 amide bonds. The van der Waals surface area contributed by atoms with Crippen molar-refractivity contribution in [3.8, 4) is 5.75 Å². The van der Waals surface area contributed by atoms with Crippen LogP contribution in [0.2, 0.25) is 0 Å². The average molecular weight is 277 g/mol. The highest BCUT2D eigenvalue weighted by Crippen LogP contribution is 2.30. The molecule has 1 unspecified atom stereocenters. The fraction of sp³-hybridized carbons (Fsp3) is 0.250. The molecule has 2 aromatic carbocycles. The molecule has 0 fully saturated rings. The summed E-state index contributed by atoms with van der Waals surface area (Å²) in [6.07, 6.45) is 0.768. The van der Waals surface area contributed by atoms with Crippen LogP contribution in [0, 0.1) is 11.6 Å². The molecule has 1 N–H and O–H groups in total. The van der Waals surface area contributed by atoms with Gasteiger partial charge in [0.25, 0.3) is 0 Å². The molecule has 0 radical (unpaired) electrons. The third-order valence-corrected chi connectivity index (χ3v) is 3.15. The zero-order chi connectivity index (χ0) is 14.5. The van der Waals surface area contributed by atoms with E-state index in [2.05, 4.69) is 5.32 Å². The van der Waals surface area contributed by atoms with Gasteiger partial charge in [0.05, 0.1) is 18.8 Å². The molecule has 2 nitrogen and oxygen atoms in total. The number of methoxy groups -OCH3 is 1. The summed E-state index contributed by atoms with van der Waals surface area (Å²) in [7, 11) is 1.49. The van der Waals surface area contributed by atoms with Crippen molar-refractivity contribution < 1.29 is 13.5 Å². The predicted octanol–water partition coefficient (Wildman–Crippen LogP) is 4.54. The summed E-state index contributed by atoms with van der Waals surface area (Å²) >= 11 is 0. The number of benzene rings is 2. The monoisotopic (exact) mass is 277 g/mol. The van der Waals surface area contributed by atoms with Crippen LogP contribution in [0.3, 0.4) is 0 Å². The van der Waals surface area contributed by atoms with Gasteiger partial charge in [0.1, 0.15) is 17.4 Å². The number of halogens is 2. The van der Waals surface area contributed by atoms with Crippen molar-refractivity contribution in [2.24, 2.45) is 0 Å². The van der Waals surface area contributed by atoms with E-state index in [1.165, 1.54) is 31.4 Å². The maximum absolute atomic E-state index is 13.3. The van der Waals surface area contributed by atoms with Crippen LogP contribution < -0.4 is 10.1 Å². The second-order valence-corrected chi connectivity index (χ2v) is 4.50. The Balaban J connectivity index is 2.26. The Morgan fingerprint density at radius 1 is 1.10 bits per heavy atom. The molecule has 0 saturated heterocycles. The summed E-state index contributed by atoms with van der Waals surface area (Å²) < 4.78 is 31.6. The molecule has 0 aliphatic carbocycles. The number of rotatable bonds is 5. The minimum atomic E-state index is -0.355. The maximum Gasteiger partial charge on any atom is 0.144 e. The summed E-state index contributed by atoms with van der Waals surface area (Å²) in [4.78, 5) is 0. The van der Waals surface area contributed by atoms with Gasteiger partial charge >= 0.3 is 0 Å². The van der Waals surface area contributed by atoms with Crippen LogP contribution in [-0.4, -0.2) is 7.11 Å². The number of hydrogen-bond donors (Lipinski definition) is 1. The van der Waals surface area contributed by atoms with E-state index in [1.807, 2.05) is 13.0 Å². The van der Waals surface area contributed by atoms with E-state index in [0.29, 0.717) is 11.4 Å². The molecule has 4 heteroatoms. The Kier molecular flexibility index (Phi) is 4.56. The summed E-state index contributed by atoms with van der Waals surface area (Å²) in [5, 5.41) is 3.26. The zero-order valence-corrected chi connectivity index (χ0v) is 11.5. The van der Waals surface area contributed by atoms with Crippen LogP contribution >= 0.6 is 0 Å². The lowest BCUT2D eigenvalue weighted by Crippen LogP contribution is -2.10. The van der Waals surface area contributed by atoms with Gasteiger partial charge in [-0.3, -0.25) is 0 Å². The highest BCUT2D eigenvalue weighted by Gasteiger charge is 2.13. The SMILES string of the molecule is CCC(Nc1ccc(F)cc1OC)c1cccc(F)c1. The molecule has 0 aromatic heterocycles. The number of nitrogens with one attached hydrogen (secondary N) is 1. The molecule has 2 rings (SSSR count). The van der Waals surface area contributed by atoms with Crippen molar-refractivity contribution >= 4 is 5.69 Å². The third kappa shape index (κ3) is 3.26. The van der Waals surface area contributed by atoms with E-state index < -0.39 is 0 Å². The molecule has 0 saturated carbocycles. The quantitative estimate of drug-likeness (QED) is 0.866. The normalized spacial score (nSPS) is 12.0. The largest absolute Gasteiger partial charge is 0.494 e. The van der Waals surface area contributed by atoms with Crippen molar-refractivity contribution in [2.75, 3.05) is 12.4 Å². The molecule has 106 valence electrons. The van der Waals surface area contributed by atoms with Crippen molar-refractivity contribution in [1.82, 2.24) is 0 Å². The van der Waals surface area contributed by atoms with Crippen LogP contribution in [0.25, 0.3) is 0 Å². The Hall–Kier alpha value is -2.10. The van der Waals surface area contributed by atoms with E-state index in [9.17, 15) is 8.78 Å². The molecular formula is C16H17F2NO. The topological polar surface area (TPSA) is 21.3 Å². The summed E-state index contributed by atoms with van der Waals surface area (Å²) in [5.41, 5.74) is 1.53. The molecule has 0 aliphatic heterocycles. The van der Waals surface area contributed by atoms with Crippen molar-refractivity contribution in [3.05, 3.63) is 59.7 Å². The fourth-order valence-corrected chi connectivity index (χ4v) is 2.12. The number of anilines is 1. The fourth-order valence-electron chi connectivity index (χ4n) is 2.12. The van der Waals surface area contributed by atoms with E-state index in [0.717, 1.165) is 12.0 Å². The zero-order valence-electron chi connectivity index (χ0n) is 11.5. The first kappa shape index (κ1) is 14.3. The van der Waals surface area contributed by atoms with Crippen molar-refractivity contribution in [2.45, 2.75) is 19.4 Å². The van der Waals surface area contributed by atoms with Gasteiger partial charge in [0.2, 0.25) is 0 Å². The Morgan fingerprint density at radius 2 is 1.85 bits per heavy atom. The maximum atomic E-state index is 13.3. The van der Waals surface area contributed by atoms with Crippen LogP contribution in [-0.2, 0) is 0 Å². The van der Waals surface area contributed by atoms with E-state index in [4.69, 9.17) is 4.74 Å². The van der Waals surface area contributed by atoms with Gasteiger partial charge in [-0.1, -0.05) is 19.1 Å². The molecule has 20 heavy (non-hydrogen) atoms. The molecular weight excluding hydrogens is 260 g/mol. The average Bonchev–Trinajstić information content (AvgIpc) is 2.45. The number of ether oxygens (including phenoxy) is 1. The van der Waals surface area contributed by atoms with Gasteiger partial charge in [-0.2, -0.15) is 0 Å². The van der Waals surface area contributed by atoms with E-state index in [-0.39, 0.29) is 17.7 Å². The standard InChI is InChI=1S/C16H17F2NO/c1-3-14(11-5-4-6-12(17)9-11)19-15-8-7-13(18)10-16(15)20-2/h4-10,14,19H,3H2,1-2H3. The van der Waals surface area contributed by atoms with Crippen LogP contribution in [0.1, 0.15) is 24.9 Å². The minimum absolute atomic E-state index is 0.0648. The van der Waals surface area contributed by atoms with Gasteiger partial charge in [-0.15, -0.1) is 0 Å². The van der Waals surface area contributed by atoms with Crippen LogP contribution in [0.5, 0.6) is 5.75 Å². The van der Waals surface area contributed by atoms with Crippen molar-refractivity contribution in [3.63, 3.8) is 0 Å². The Bertz CT molecular complexity index is 586. The highest BCUT2D eigenvalue weighted by molar-refractivity contribution is 5.57. The lowest BCUT2D eigenvalue weighted by atomic mass is 10.0. The molecule has 0 aliphatic rings. The van der Waals surface area contributed by atoms with Crippen LogP contribution in [0.15, 0.2) is 42.5 Å². The Morgan fingerprint density at radius 3 is 2.50 bits per heavy atom. The predicted molar refractivity (Wildman–Crippen MR) is 76.0 cm³/mol. The molecule has 0 spiro atoms. The summed E-state index contributed by atoms with van der Waals surface area (Å²) in [6, 6.07) is 10.7. The summed E-state index contributed by atoms with van der Waals surface area (Å²) in [6.45, 7) is 2.00. The van der Waals surface area contributed by atoms with Gasteiger partial charge in [-0.25, -0.2) is 8.78 Å². The van der Waals surface area contributed by atoms with Gasteiger partial charge in [0.15, 0.2) is 0 Å². The van der Waals surface area contributed by atoms with Gasteiger partial charge in [0, 0.05) is 6.07 Å². The molecule has 0 bridgehead atoms. The second kappa shape index (κ2) is 6.37. The second-order valence-electron chi connectivity index (χ2n) is 4.50. The first-order valence-electron chi connectivity index (χ1n) is 6.49. The van der Waals surface area contributed by atoms with Gasteiger partial charge in [-0.05, 0) is 36.2 Å². The van der Waals surface area contributed by atoms with Crippen LogP contribution in [0.4, 0.5) is 14.5 Å². The van der Waals surface area contributed by atoms with E-state index >= 15 is 0 Å².